The van der Waals surface area contributed by atoms with Gasteiger partial charge in [0, 0.05) is 23.8 Å². The molecule has 1 atom stereocenters. The summed E-state index contributed by atoms with van der Waals surface area (Å²) in [7, 11) is 0. The Bertz CT molecular complexity index is 565. The summed E-state index contributed by atoms with van der Waals surface area (Å²) in [6.07, 6.45) is 1.72. The molecule has 126 valence electrons. The zero-order chi connectivity index (χ0) is 17.4. The number of benzene rings is 1. The molecule has 0 aliphatic carbocycles. The van der Waals surface area contributed by atoms with Gasteiger partial charge in [0.1, 0.15) is 6.54 Å². The number of hydrogen-bond acceptors (Lipinski definition) is 4. The molecule has 6 nitrogen and oxygen atoms in total. The monoisotopic (exact) mass is 319 g/mol. The first-order chi connectivity index (χ1) is 10.8. The summed E-state index contributed by atoms with van der Waals surface area (Å²) in [6, 6.07) is 7.35. The molecule has 5 N–H and O–H groups in total. The van der Waals surface area contributed by atoms with Crippen LogP contribution in [0, 0.1) is 5.92 Å². The fourth-order valence-electron chi connectivity index (χ4n) is 2.28. The Morgan fingerprint density at radius 2 is 1.87 bits per heavy atom. The normalized spacial score (nSPS) is 13.0. The van der Waals surface area contributed by atoms with Gasteiger partial charge < -0.3 is 21.5 Å². The van der Waals surface area contributed by atoms with E-state index in [4.69, 9.17) is 10.8 Å². The summed E-state index contributed by atoms with van der Waals surface area (Å²) >= 11 is 0. The molecule has 1 unspecified atom stereocenters. The average Bonchev–Trinajstić information content (AvgIpc) is 2.50. The van der Waals surface area contributed by atoms with Gasteiger partial charge in [-0.1, -0.05) is 32.1 Å². The molecule has 0 saturated heterocycles. The smallest absolute Gasteiger partial charge is 0.322 e. The number of aliphatic carboxylic acids is 1. The van der Waals surface area contributed by atoms with Crippen molar-refractivity contribution in [2.24, 2.45) is 5.92 Å². The molecule has 0 aliphatic rings. The summed E-state index contributed by atoms with van der Waals surface area (Å²) in [5.74, 6) is -1.26. The number of carboxylic acids is 1. The zero-order valence-electron chi connectivity index (χ0n) is 13.8. The highest BCUT2D eigenvalue weighted by Gasteiger charge is 2.23. The largest absolute Gasteiger partial charge is 0.480 e. The molecule has 6 heteroatoms. The molecule has 23 heavy (non-hydrogen) atoms. The van der Waals surface area contributed by atoms with Crippen LogP contribution >= 0.6 is 0 Å². The molecule has 1 aromatic rings. The second kappa shape index (κ2) is 8.95. The molecule has 0 bridgehead atoms. The van der Waals surface area contributed by atoms with Crippen molar-refractivity contribution in [1.29, 1.82) is 0 Å². The number of allylic oxidation sites excluding steroid dienone is 1. The summed E-state index contributed by atoms with van der Waals surface area (Å²) in [6.45, 7) is 5.99. The van der Waals surface area contributed by atoms with Crippen molar-refractivity contribution >= 4 is 17.6 Å². The van der Waals surface area contributed by atoms with Crippen molar-refractivity contribution < 1.29 is 14.7 Å². The fraction of sp³-hybridized carbons (Fsp3) is 0.412. The van der Waals surface area contributed by atoms with Gasteiger partial charge in [-0.3, -0.25) is 9.59 Å². The van der Waals surface area contributed by atoms with E-state index in [0.717, 1.165) is 5.56 Å². The van der Waals surface area contributed by atoms with E-state index in [-0.39, 0.29) is 24.4 Å². The van der Waals surface area contributed by atoms with Crippen molar-refractivity contribution in [3.05, 3.63) is 41.5 Å². The lowest BCUT2D eigenvalue weighted by Crippen LogP contribution is -2.42. The predicted molar refractivity (Wildman–Crippen MR) is 90.7 cm³/mol. The number of hydrogen-bond donors (Lipinski definition) is 4. The van der Waals surface area contributed by atoms with E-state index in [0.29, 0.717) is 17.8 Å². The molecule has 1 amide bonds. The molecule has 0 spiro atoms. The minimum absolute atomic E-state index is 0.172. The third-order valence-electron chi connectivity index (χ3n) is 3.48. The Hall–Kier alpha value is -2.34. The van der Waals surface area contributed by atoms with Gasteiger partial charge in [-0.25, -0.2) is 0 Å². The first-order valence-electron chi connectivity index (χ1n) is 7.59. The summed E-state index contributed by atoms with van der Waals surface area (Å²) in [5, 5.41) is 14.4. The van der Waals surface area contributed by atoms with Crippen LogP contribution in [0.1, 0.15) is 26.3 Å². The van der Waals surface area contributed by atoms with Crippen molar-refractivity contribution in [1.82, 2.24) is 10.6 Å². The van der Waals surface area contributed by atoms with Crippen LogP contribution in [0.15, 0.2) is 35.9 Å². The van der Waals surface area contributed by atoms with Gasteiger partial charge in [0.2, 0.25) is 5.91 Å². The molecule has 0 heterocycles. The lowest BCUT2D eigenvalue weighted by molar-refractivity contribution is -0.137. The Labute approximate surface area is 136 Å². The molecule has 0 radical (unpaired) electrons. The minimum atomic E-state index is -1.07. The molecule has 0 aliphatic heterocycles. The second-order valence-electron chi connectivity index (χ2n) is 5.66. The zero-order valence-corrected chi connectivity index (χ0v) is 13.8. The molecule has 0 fully saturated rings. The van der Waals surface area contributed by atoms with Gasteiger partial charge in [0.05, 0.1) is 0 Å². The lowest BCUT2D eigenvalue weighted by atomic mass is 9.94. The maximum absolute atomic E-state index is 12.2. The van der Waals surface area contributed by atoms with Crippen molar-refractivity contribution in [3.63, 3.8) is 0 Å². The standard InChI is InChI=1S/C17H25N3O3/c1-4-14(17(23)20-10-15(21)22)16(11(2)3)19-9-12-5-7-13(18)8-6-12/h4-8,11,16,19H,9-10,18H2,1-3H3,(H,20,23)(H,21,22)/b14-4-. The quantitative estimate of drug-likeness (QED) is 0.430. The Morgan fingerprint density at radius 3 is 2.35 bits per heavy atom. The summed E-state index contributed by atoms with van der Waals surface area (Å²) in [5.41, 5.74) is 7.97. The highest BCUT2D eigenvalue weighted by Crippen LogP contribution is 2.14. The van der Waals surface area contributed by atoms with Crippen LogP contribution in [0.4, 0.5) is 5.69 Å². The van der Waals surface area contributed by atoms with E-state index < -0.39 is 5.97 Å². The Morgan fingerprint density at radius 1 is 1.26 bits per heavy atom. The third-order valence-corrected chi connectivity index (χ3v) is 3.48. The summed E-state index contributed by atoms with van der Waals surface area (Å²) in [4.78, 5) is 22.8. The number of nitrogen functional groups attached to an aromatic ring is 1. The van der Waals surface area contributed by atoms with E-state index >= 15 is 0 Å². The fourth-order valence-corrected chi connectivity index (χ4v) is 2.28. The van der Waals surface area contributed by atoms with Crippen LogP contribution in [0.2, 0.25) is 0 Å². The Kier molecular flexibility index (Phi) is 7.28. The minimum Gasteiger partial charge on any atom is -0.480 e. The van der Waals surface area contributed by atoms with Gasteiger partial charge in [-0.05, 0) is 30.5 Å². The van der Waals surface area contributed by atoms with Crippen LogP contribution in [0.25, 0.3) is 0 Å². The molecular weight excluding hydrogens is 294 g/mol. The molecular formula is C17H25N3O3. The number of rotatable bonds is 8. The number of carbonyl (C=O) groups is 2. The van der Waals surface area contributed by atoms with E-state index in [1.807, 2.05) is 38.1 Å². The number of anilines is 1. The molecule has 1 rings (SSSR count). The Balaban J connectivity index is 2.76. The highest BCUT2D eigenvalue weighted by molar-refractivity contribution is 5.96. The van der Waals surface area contributed by atoms with Crippen LogP contribution in [0.3, 0.4) is 0 Å². The van der Waals surface area contributed by atoms with Crippen molar-refractivity contribution in [2.45, 2.75) is 33.4 Å². The van der Waals surface area contributed by atoms with Crippen molar-refractivity contribution in [3.8, 4) is 0 Å². The van der Waals surface area contributed by atoms with Gasteiger partial charge in [0.15, 0.2) is 0 Å². The van der Waals surface area contributed by atoms with Gasteiger partial charge in [-0.15, -0.1) is 0 Å². The second-order valence-corrected chi connectivity index (χ2v) is 5.66. The highest BCUT2D eigenvalue weighted by atomic mass is 16.4. The van der Waals surface area contributed by atoms with E-state index in [1.165, 1.54) is 0 Å². The SMILES string of the molecule is C/C=C(\C(=O)NCC(=O)O)C(NCc1ccc(N)cc1)C(C)C. The molecule has 0 aromatic heterocycles. The lowest BCUT2D eigenvalue weighted by Gasteiger charge is -2.25. The maximum atomic E-state index is 12.2. The summed E-state index contributed by atoms with van der Waals surface area (Å²) < 4.78 is 0. The van der Waals surface area contributed by atoms with Crippen LogP contribution < -0.4 is 16.4 Å². The topological polar surface area (TPSA) is 104 Å². The third kappa shape index (κ3) is 6.12. The molecule has 0 saturated carbocycles. The predicted octanol–water partition coefficient (Wildman–Crippen LogP) is 1.53. The first kappa shape index (κ1) is 18.7. The number of nitrogens with one attached hydrogen (secondary N) is 2. The van der Waals surface area contributed by atoms with E-state index in [1.54, 1.807) is 13.0 Å². The van der Waals surface area contributed by atoms with Crippen LogP contribution in [-0.4, -0.2) is 29.6 Å². The van der Waals surface area contributed by atoms with Gasteiger partial charge in [0.25, 0.3) is 0 Å². The van der Waals surface area contributed by atoms with Gasteiger partial charge >= 0.3 is 5.97 Å². The molecule has 1 aromatic carbocycles. The van der Waals surface area contributed by atoms with Crippen LogP contribution in [0.5, 0.6) is 0 Å². The number of carbonyl (C=O) groups excluding carboxylic acids is 1. The number of amides is 1. The van der Waals surface area contributed by atoms with Crippen molar-refractivity contribution in [2.75, 3.05) is 12.3 Å². The van der Waals surface area contributed by atoms with E-state index in [2.05, 4.69) is 10.6 Å². The maximum Gasteiger partial charge on any atom is 0.322 e. The van der Waals surface area contributed by atoms with Gasteiger partial charge in [-0.2, -0.15) is 0 Å². The van der Waals surface area contributed by atoms with E-state index in [9.17, 15) is 9.59 Å². The average molecular weight is 319 g/mol. The number of carboxylic acid groups (broad SMARTS) is 1. The number of nitrogens with two attached hydrogens (primary N) is 1. The first-order valence-corrected chi connectivity index (χ1v) is 7.59. The van der Waals surface area contributed by atoms with Crippen LogP contribution in [-0.2, 0) is 16.1 Å².